The van der Waals surface area contributed by atoms with Gasteiger partial charge in [0.15, 0.2) is 12.4 Å². The summed E-state index contributed by atoms with van der Waals surface area (Å²) in [6.45, 7) is 3.09. The van der Waals surface area contributed by atoms with Gasteiger partial charge in [-0.3, -0.25) is 9.59 Å². The van der Waals surface area contributed by atoms with Gasteiger partial charge in [-0.2, -0.15) is 0 Å². The van der Waals surface area contributed by atoms with Crippen LogP contribution in [0.1, 0.15) is 24.2 Å². The summed E-state index contributed by atoms with van der Waals surface area (Å²) in [5.41, 5.74) is 0.539. The molecule has 0 saturated carbocycles. The lowest BCUT2D eigenvalue weighted by atomic mass is 10.1. The first-order valence-electron chi connectivity index (χ1n) is 5.67. The van der Waals surface area contributed by atoms with E-state index in [-0.39, 0.29) is 24.8 Å². The quantitative estimate of drug-likeness (QED) is 0.732. The van der Waals surface area contributed by atoms with Crippen molar-refractivity contribution >= 4 is 11.7 Å². The van der Waals surface area contributed by atoms with Gasteiger partial charge in [0.05, 0.1) is 6.10 Å². The predicted octanol–water partition coefficient (Wildman–Crippen LogP) is 0.765. The normalized spacial score (nSPS) is 11.7. The van der Waals surface area contributed by atoms with Gasteiger partial charge >= 0.3 is 0 Å². The van der Waals surface area contributed by atoms with Crippen LogP contribution in [0.15, 0.2) is 24.3 Å². The molecular weight excluding hydrogens is 234 g/mol. The number of benzene rings is 1. The predicted molar refractivity (Wildman–Crippen MR) is 66.6 cm³/mol. The van der Waals surface area contributed by atoms with Crippen molar-refractivity contribution in [3.63, 3.8) is 0 Å². The van der Waals surface area contributed by atoms with Gasteiger partial charge in [0.25, 0.3) is 5.91 Å². The van der Waals surface area contributed by atoms with E-state index in [1.807, 2.05) is 0 Å². The first-order chi connectivity index (χ1) is 8.49. The number of Topliss-reactive ketones (excluding diaryl/α,β-unsaturated/α-hetero) is 1. The van der Waals surface area contributed by atoms with Crippen molar-refractivity contribution in [1.82, 2.24) is 5.32 Å². The fourth-order valence-electron chi connectivity index (χ4n) is 1.27. The van der Waals surface area contributed by atoms with Crippen molar-refractivity contribution in [3.8, 4) is 5.75 Å². The fourth-order valence-corrected chi connectivity index (χ4v) is 1.27. The first-order valence-corrected chi connectivity index (χ1v) is 5.67. The fraction of sp³-hybridized carbons (Fsp3) is 0.385. The van der Waals surface area contributed by atoms with E-state index >= 15 is 0 Å². The molecule has 0 radical (unpaired) electrons. The van der Waals surface area contributed by atoms with Gasteiger partial charge in [-0.25, -0.2) is 0 Å². The Balaban J connectivity index is 2.46. The van der Waals surface area contributed by atoms with E-state index in [9.17, 15) is 9.59 Å². The van der Waals surface area contributed by atoms with E-state index in [0.717, 1.165) is 0 Å². The Morgan fingerprint density at radius 3 is 2.78 bits per heavy atom. The summed E-state index contributed by atoms with van der Waals surface area (Å²) in [6, 6.07) is 6.64. The zero-order valence-electron chi connectivity index (χ0n) is 10.5. The molecule has 18 heavy (non-hydrogen) atoms. The molecule has 0 fully saturated rings. The molecule has 98 valence electrons. The summed E-state index contributed by atoms with van der Waals surface area (Å²) in [6.07, 6.45) is -0.588. The molecule has 0 aliphatic heterocycles. The first kappa shape index (κ1) is 14.2. The standard InChI is InChI=1S/C13H17NO4/c1-9(15)7-14-13(17)8-18-12-5-3-4-11(6-12)10(2)16/h3-6,9,15H,7-8H2,1-2H3,(H,14,17). The van der Waals surface area contributed by atoms with Crippen LogP contribution in [0.4, 0.5) is 0 Å². The third kappa shape index (κ3) is 4.97. The van der Waals surface area contributed by atoms with Gasteiger partial charge in [0.1, 0.15) is 5.75 Å². The number of rotatable bonds is 6. The Bertz CT molecular complexity index is 429. The van der Waals surface area contributed by atoms with Crippen LogP contribution in [0.3, 0.4) is 0 Å². The van der Waals surface area contributed by atoms with E-state index in [0.29, 0.717) is 11.3 Å². The highest BCUT2D eigenvalue weighted by Gasteiger charge is 2.05. The molecule has 0 bridgehead atoms. The highest BCUT2D eigenvalue weighted by molar-refractivity contribution is 5.94. The third-order valence-corrected chi connectivity index (χ3v) is 2.21. The molecular formula is C13H17NO4. The molecule has 1 atom stereocenters. The van der Waals surface area contributed by atoms with Crippen LogP contribution in [0.2, 0.25) is 0 Å². The maximum absolute atomic E-state index is 11.3. The van der Waals surface area contributed by atoms with E-state index in [1.54, 1.807) is 31.2 Å². The molecule has 1 amide bonds. The summed E-state index contributed by atoms with van der Waals surface area (Å²) in [5.74, 6) is 0.0954. The number of ether oxygens (including phenoxy) is 1. The number of amides is 1. The summed E-state index contributed by atoms with van der Waals surface area (Å²) >= 11 is 0. The molecule has 5 heteroatoms. The summed E-state index contributed by atoms with van der Waals surface area (Å²) in [7, 11) is 0. The SMILES string of the molecule is CC(=O)c1cccc(OCC(=O)NCC(C)O)c1. The number of aliphatic hydroxyl groups excluding tert-OH is 1. The molecule has 1 rings (SSSR count). The van der Waals surface area contributed by atoms with Crippen molar-refractivity contribution in [2.45, 2.75) is 20.0 Å². The zero-order chi connectivity index (χ0) is 13.5. The minimum absolute atomic E-state index is 0.0565. The van der Waals surface area contributed by atoms with Crippen LogP contribution in [0.25, 0.3) is 0 Å². The average molecular weight is 251 g/mol. The van der Waals surface area contributed by atoms with E-state index in [1.165, 1.54) is 6.92 Å². The minimum atomic E-state index is -0.588. The van der Waals surface area contributed by atoms with Gasteiger partial charge in [-0.1, -0.05) is 12.1 Å². The summed E-state index contributed by atoms with van der Waals surface area (Å²) in [5, 5.41) is 11.5. The van der Waals surface area contributed by atoms with Crippen LogP contribution in [0.5, 0.6) is 5.75 Å². The number of carbonyl (C=O) groups is 2. The number of aliphatic hydroxyl groups is 1. The van der Waals surface area contributed by atoms with Crippen molar-refractivity contribution in [2.75, 3.05) is 13.2 Å². The second-order valence-corrected chi connectivity index (χ2v) is 4.03. The van der Waals surface area contributed by atoms with Gasteiger partial charge in [-0.05, 0) is 26.0 Å². The van der Waals surface area contributed by atoms with Crippen molar-refractivity contribution < 1.29 is 19.4 Å². The maximum Gasteiger partial charge on any atom is 0.258 e. The number of carbonyl (C=O) groups excluding carboxylic acids is 2. The molecule has 0 aromatic heterocycles. The Hall–Kier alpha value is -1.88. The van der Waals surface area contributed by atoms with Crippen molar-refractivity contribution in [3.05, 3.63) is 29.8 Å². The number of nitrogens with one attached hydrogen (secondary N) is 1. The third-order valence-electron chi connectivity index (χ3n) is 2.21. The topological polar surface area (TPSA) is 75.6 Å². The van der Waals surface area contributed by atoms with E-state index in [2.05, 4.69) is 5.32 Å². The largest absolute Gasteiger partial charge is 0.484 e. The highest BCUT2D eigenvalue weighted by atomic mass is 16.5. The summed E-state index contributed by atoms with van der Waals surface area (Å²) < 4.78 is 5.25. The second kappa shape index (κ2) is 6.76. The number of ketones is 1. The highest BCUT2D eigenvalue weighted by Crippen LogP contribution is 2.13. The number of hydrogen-bond donors (Lipinski definition) is 2. The van der Waals surface area contributed by atoms with Crippen molar-refractivity contribution in [1.29, 1.82) is 0 Å². The molecule has 0 aliphatic rings. The minimum Gasteiger partial charge on any atom is -0.484 e. The molecule has 2 N–H and O–H groups in total. The lowest BCUT2D eigenvalue weighted by Gasteiger charge is -2.09. The Morgan fingerprint density at radius 1 is 1.44 bits per heavy atom. The maximum atomic E-state index is 11.3. The Morgan fingerprint density at radius 2 is 2.17 bits per heavy atom. The molecule has 0 heterocycles. The van der Waals surface area contributed by atoms with Crippen molar-refractivity contribution in [2.24, 2.45) is 0 Å². The summed E-state index contributed by atoms with van der Waals surface area (Å²) in [4.78, 5) is 22.5. The molecule has 0 saturated heterocycles. The molecule has 1 aromatic carbocycles. The van der Waals surface area contributed by atoms with Crippen LogP contribution in [-0.4, -0.2) is 36.1 Å². The molecule has 0 aliphatic carbocycles. The number of hydrogen-bond acceptors (Lipinski definition) is 4. The molecule has 1 unspecified atom stereocenters. The van der Waals surface area contributed by atoms with Gasteiger partial charge in [0.2, 0.25) is 0 Å². The average Bonchev–Trinajstić information content (AvgIpc) is 2.34. The van der Waals surface area contributed by atoms with Gasteiger partial charge in [0, 0.05) is 12.1 Å². The molecule has 1 aromatic rings. The van der Waals surface area contributed by atoms with E-state index in [4.69, 9.17) is 9.84 Å². The van der Waals surface area contributed by atoms with Crippen LogP contribution in [-0.2, 0) is 4.79 Å². The molecule has 0 spiro atoms. The lowest BCUT2D eigenvalue weighted by molar-refractivity contribution is -0.123. The van der Waals surface area contributed by atoms with Crippen LogP contribution >= 0.6 is 0 Å². The Kier molecular flexibility index (Phi) is 5.32. The van der Waals surface area contributed by atoms with Gasteiger partial charge < -0.3 is 15.2 Å². The second-order valence-electron chi connectivity index (χ2n) is 4.03. The van der Waals surface area contributed by atoms with Crippen LogP contribution in [0, 0.1) is 0 Å². The van der Waals surface area contributed by atoms with E-state index < -0.39 is 6.10 Å². The lowest BCUT2D eigenvalue weighted by Crippen LogP contribution is -2.34. The zero-order valence-corrected chi connectivity index (χ0v) is 10.5. The van der Waals surface area contributed by atoms with Gasteiger partial charge in [-0.15, -0.1) is 0 Å². The monoisotopic (exact) mass is 251 g/mol. The van der Waals surface area contributed by atoms with Crippen LogP contribution < -0.4 is 10.1 Å². The smallest absolute Gasteiger partial charge is 0.258 e. The Labute approximate surface area is 106 Å². The molecule has 5 nitrogen and oxygen atoms in total.